The molecule has 0 unspecified atom stereocenters. The molecule has 0 aliphatic heterocycles. The van der Waals surface area contributed by atoms with Gasteiger partial charge in [0.15, 0.2) is 0 Å². The predicted molar refractivity (Wildman–Crippen MR) is 109 cm³/mol. The summed E-state index contributed by atoms with van der Waals surface area (Å²) in [5.41, 5.74) is 2.77. The van der Waals surface area contributed by atoms with Crippen LogP contribution in [-0.2, 0) is 4.79 Å². The number of carbonyl (C=O) groups is 1. The maximum Gasteiger partial charge on any atom is 0.322 e. The number of fused-ring (bicyclic) bond motifs is 1. The van der Waals surface area contributed by atoms with Crippen LogP contribution in [0.15, 0.2) is 48.5 Å². The van der Waals surface area contributed by atoms with Gasteiger partial charge in [-0.1, -0.05) is 12.1 Å². The second kappa shape index (κ2) is 8.35. The predicted octanol–water partition coefficient (Wildman–Crippen LogP) is 3.72. The van der Waals surface area contributed by atoms with E-state index in [9.17, 15) is 4.79 Å². The third-order valence-corrected chi connectivity index (χ3v) is 4.26. The molecule has 0 aliphatic rings. The highest BCUT2D eigenvalue weighted by molar-refractivity contribution is 5.91. The van der Waals surface area contributed by atoms with Crippen LogP contribution in [0.2, 0.25) is 0 Å². The van der Waals surface area contributed by atoms with E-state index in [1.165, 1.54) is 0 Å². The van der Waals surface area contributed by atoms with E-state index in [1.807, 2.05) is 36.4 Å². The monoisotopic (exact) mass is 365 g/mol. The highest BCUT2D eigenvalue weighted by atomic mass is 16.4. The Morgan fingerprint density at radius 3 is 2.41 bits per heavy atom. The van der Waals surface area contributed by atoms with Gasteiger partial charge in [-0.15, -0.1) is 0 Å². The topological polar surface area (TPSA) is 90.4 Å². The van der Waals surface area contributed by atoms with Gasteiger partial charge < -0.3 is 20.6 Å². The van der Waals surface area contributed by atoms with Crippen molar-refractivity contribution >= 4 is 40.0 Å². The summed E-state index contributed by atoms with van der Waals surface area (Å²) in [6.45, 7) is 5.96. The number of anilines is 4. The summed E-state index contributed by atoms with van der Waals surface area (Å²) in [5.74, 6) is -0.0402. The fourth-order valence-electron chi connectivity index (χ4n) is 2.90. The molecule has 3 rings (SSSR count). The Morgan fingerprint density at radius 1 is 1.04 bits per heavy atom. The van der Waals surface area contributed by atoms with Crippen LogP contribution >= 0.6 is 0 Å². The third-order valence-electron chi connectivity index (χ3n) is 4.26. The smallest absolute Gasteiger partial charge is 0.322 e. The van der Waals surface area contributed by atoms with Crippen molar-refractivity contribution in [1.82, 2.24) is 9.97 Å². The fourth-order valence-corrected chi connectivity index (χ4v) is 2.90. The SMILES string of the molecule is CCN(CC)c1ccc(Nc2nc(NCC(=O)O)c3ccccc3n2)cc1. The van der Waals surface area contributed by atoms with Crippen LogP contribution in [0.4, 0.5) is 23.1 Å². The number of hydrogen-bond acceptors (Lipinski definition) is 6. The first-order chi connectivity index (χ1) is 13.1. The number of para-hydroxylation sites is 1. The van der Waals surface area contributed by atoms with Crippen molar-refractivity contribution in [3.63, 3.8) is 0 Å². The molecule has 2 aromatic carbocycles. The van der Waals surface area contributed by atoms with Crippen molar-refractivity contribution in [2.45, 2.75) is 13.8 Å². The van der Waals surface area contributed by atoms with Gasteiger partial charge in [0.2, 0.25) is 5.95 Å². The second-order valence-corrected chi connectivity index (χ2v) is 6.00. The standard InChI is InChI=1S/C20H23N5O2/c1-3-25(4-2)15-11-9-14(10-12-15)22-20-23-17-8-6-5-7-16(17)19(24-20)21-13-18(26)27/h5-12H,3-4,13H2,1-2H3,(H,26,27)(H2,21,22,23,24). The second-order valence-electron chi connectivity index (χ2n) is 6.00. The summed E-state index contributed by atoms with van der Waals surface area (Å²) in [7, 11) is 0. The van der Waals surface area contributed by atoms with Gasteiger partial charge >= 0.3 is 5.97 Å². The molecule has 140 valence electrons. The molecule has 0 saturated heterocycles. The van der Waals surface area contributed by atoms with E-state index in [1.54, 1.807) is 0 Å². The summed E-state index contributed by atoms with van der Waals surface area (Å²) >= 11 is 0. The zero-order valence-electron chi connectivity index (χ0n) is 15.4. The number of carboxylic acids is 1. The van der Waals surface area contributed by atoms with Crippen molar-refractivity contribution in [3.05, 3.63) is 48.5 Å². The molecule has 3 aromatic rings. The molecule has 1 heterocycles. The van der Waals surface area contributed by atoms with Crippen molar-refractivity contribution in [2.75, 3.05) is 35.2 Å². The van der Waals surface area contributed by atoms with Gasteiger partial charge in [0.05, 0.1) is 5.52 Å². The molecule has 0 aliphatic carbocycles. The largest absolute Gasteiger partial charge is 0.480 e. The van der Waals surface area contributed by atoms with Gasteiger partial charge in [0.25, 0.3) is 0 Å². The van der Waals surface area contributed by atoms with E-state index >= 15 is 0 Å². The highest BCUT2D eigenvalue weighted by Gasteiger charge is 2.09. The van der Waals surface area contributed by atoms with Crippen LogP contribution in [0.25, 0.3) is 10.9 Å². The molecule has 1 aromatic heterocycles. The Labute approximate surface area is 158 Å². The lowest BCUT2D eigenvalue weighted by molar-refractivity contribution is -0.134. The number of benzene rings is 2. The van der Waals surface area contributed by atoms with Gasteiger partial charge in [0.1, 0.15) is 12.4 Å². The first-order valence-electron chi connectivity index (χ1n) is 8.95. The summed E-state index contributed by atoms with van der Waals surface area (Å²) in [5, 5.41) is 15.8. The number of nitrogens with zero attached hydrogens (tertiary/aromatic N) is 3. The number of hydrogen-bond donors (Lipinski definition) is 3. The first kappa shape index (κ1) is 18.4. The molecule has 0 atom stereocenters. The molecule has 7 nitrogen and oxygen atoms in total. The van der Waals surface area contributed by atoms with Crippen LogP contribution < -0.4 is 15.5 Å². The summed E-state index contributed by atoms with van der Waals surface area (Å²) in [6, 6.07) is 15.6. The van der Waals surface area contributed by atoms with E-state index in [2.05, 4.69) is 51.5 Å². The van der Waals surface area contributed by atoms with Crippen LogP contribution in [0.3, 0.4) is 0 Å². The minimum atomic E-state index is -0.945. The third kappa shape index (κ3) is 4.44. The molecule has 27 heavy (non-hydrogen) atoms. The summed E-state index contributed by atoms with van der Waals surface area (Å²) < 4.78 is 0. The number of aliphatic carboxylic acids is 1. The van der Waals surface area contributed by atoms with Crippen molar-refractivity contribution in [1.29, 1.82) is 0 Å². The Morgan fingerprint density at radius 2 is 1.74 bits per heavy atom. The zero-order valence-corrected chi connectivity index (χ0v) is 15.4. The Hall–Kier alpha value is -3.35. The molecule has 0 fully saturated rings. The minimum Gasteiger partial charge on any atom is -0.480 e. The molecule has 0 radical (unpaired) electrons. The maximum absolute atomic E-state index is 10.9. The molecule has 0 spiro atoms. The number of aromatic nitrogens is 2. The van der Waals surface area contributed by atoms with E-state index < -0.39 is 5.97 Å². The van der Waals surface area contributed by atoms with Crippen molar-refractivity contribution < 1.29 is 9.90 Å². The van der Waals surface area contributed by atoms with Crippen molar-refractivity contribution in [3.8, 4) is 0 Å². The minimum absolute atomic E-state index is 0.209. The molecule has 7 heteroatoms. The lowest BCUT2D eigenvalue weighted by Gasteiger charge is -2.21. The molecular formula is C20H23N5O2. The molecule has 0 bridgehead atoms. The molecular weight excluding hydrogens is 342 g/mol. The Bertz CT molecular complexity index is 923. The highest BCUT2D eigenvalue weighted by Crippen LogP contribution is 2.24. The van der Waals surface area contributed by atoms with Gasteiger partial charge in [-0.3, -0.25) is 4.79 Å². The average Bonchev–Trinajstić information content (AvgIpc) is 2.68. The molecule has 3 N–H and O–H groups in total. The van der Waals surface area contributed by atoms with E-state index in [-0.39, 0.29) is 6.54 Å². The van der Waals surface area contributed by atoms with Gasteiger partial charge in [-0.2, -0.15) is 4.98 Å². The van der Waals surface area contributed by atoms with Crippen LogP contribution in [0.1, 0.15) is 13.8 Å². The van der Waals surface area contributed by atoms with Crippen LogP contribution in [-0.4, -0.2) is 40.7 Å². The lowest BCUT2D eigenvalue weighted by Crippen LogP contribution is -2.21. The first-order valence-corrected chi connectivity index (χ1v) is 8.95. The van der Waals surface area contributed by atoms with Crippen LogP contribution in [0.5, 0.6) is 0 Å². The lowest BCUT2D eigenvalue weighted by atomic mass is 10.2. The van der Waals surface area contributed by atoms with Crippen molar-refractivity contribution in [2.24, 2.45) is 0 Å². The van der Waals surface area contributed by atoms with E-state index in [0.717, 1.165) is 35.4 Å². The fraction of sp³-hybridized carbons (Fsp3) is 0.250. The molecule has 0 saturated carbocycles. The quantitative estimate of drug-likeness (QED) is 0.560. The summed E-state index contributed by atoms with van der Waals surface area (Å²) in [6.07, 6.45) is 0. The van der Waals surface area contributed by atoms with Gasteiger partial charge in [-0.05, 0) is 50.2 Å². The van der Waals surface area contributed by atoms with Crippen LogP contribution in [0, 0.1) is 0 Å². The van der Waals surface area contributed by atoms with E-state index in [0.29, 0.717) is 11.8 Å². The Kier molecular flexibility index (Phi) is 5.71. The normalized spacial score (nSPS) is 10.6. The zero-order chi connectivity index (χ0) is 19.2. The number of nitrogens with one attached hydrogen (secondary N) is 2. The van der Waals surface area contributed by atoms with E-state index in [4.69, 9.17) is 5.11 Å². The molecule has 0 amide bonds. The van der Waals surface area contributed by atoms with Gasteiger partial charge in [-0.25, -0.2) is 4.98 Å². The Balaban J connectivity index is 1.87. The number of rotatable bonds is 8. The summed E-state index contributed by atoms with van der Waals surface area (Å²) in [4.78, 5) is 22.1. The number of carboxylic acid groups (broad SMARTS) is 1. The average molecular weight is 365 g/mol. The van der Waals surface area contributed by atoms with Gasteiger partial charge in [0, 0.05) is 29.9 Å². The maximum atomic E-state index is 10.9.